The molecule has 0 aromatic carbocycles. The SMILES string of the molecule is CC[C@H]1[C@@H](O)[C@@H]2[C@H](CC[C@]3(C)[C@@H](CCCNS(=O)(=O)C(C)(C)C(=O)O)CC[C@@H]23)[C@@]2(C)CC[C@@H](O)C[C@@H]12. The summed E-state index contributed by atoms with van der Waals surface area (Å²) in [5.41, 5.74) is 0.343. The molecule has 0 amide bonds. The summed E-state index contributed by atoms with van der Waals surface area (Å²) in [4.78, 5) is 11.4. The Morgan fingerprint density at radius 1 is 1.00 bits per heavy atom. The van der Waals surface area contributed by atoms with Crippen LogP contribution in [0.5, 0.6) is 0 Å². The van der Waals surface area contributed by atoms with Crippen molar-refractivity contribution >= 4 is 16.0 Å². The van der Waals surface area contributed by atoms with E-state index in [1.165, 1.54) is 13.8 Å². The fraction of sp³-hybridized carbons (Fsp3) is 0.964. The minimum atomic E-state index is -3.95. The molecule has 0 saturated heterocycles. The number of carbonyl (C=O) groups is 1. The molecule has 0 aromatic heterocycles. The second-order valence-electron chi connectivity index (χ2n) is 13.6. The molecule has 0 aliphatic heterocycles. The molecule has 0 heterocycles. The lowest BCUT2D eigenvalue weighted by molar-refractivity contribution is -0.202. The summed E-state index contributed by atoms with van der Waals surface area (Å²) in [5, 5.41) is 31.5. The third-order valence-electron chi connectivity index (χ3n) is 11.8. The highest BCUT2D eigenvalue weighted by Crippen LogP contribution is 2.69. The van der Waals surface area contributed by atoms with E-state index in [0.717, 1.165) is 57.8 Å². The minimum Gasteiger partial charge on any atom is -0.480 e. The number of rotatable bonds is 8. The smallest absolute Gasteiger partial charge is 0.325 e. The van der Waals surface area contributed by atoms with E-state index < -0.39 is 20.7 Å². The summed E-state index contributed by atoms with van der Waals surface area (Å²) in [6, 6.07) is 0. The van der Waals surface area contributed by atoms with Gasteiger partial charge in [0.15, 0.2) is 4.75 Å². The number of carboxylic acid groups (broad SMARTS) is 1. The van der Waals surface area contributed by atoms with Crippen molar-refractivity contribution in [1.82, 2.24) is 4.72 Å². The summed E-state index contributed by atoms with van der Waals surface area (Å²) in [5.74, 6) is 1.09. The van der Waals surface area contributed by atoms with Crippen LogP contribution < -0.4 is 4.72 Å². The summed E-state index contributed by atoms with van der Waals surface area (Å²) in [7, 11) is -3.95. The molecular weight excluding hydrogens is 478 g/mol. The highest BCUT2D eigenvalue weighted by Gasteiger charge is 2.64. The Kier molecular flexibility index (Phi) is 7.71. The highest BCUT2D eigenvalue weighted by molar-refractivity contribution is 7.91. The Labute approximate surface area is 217 Å². The second-order valence-corrected chi connectivity index (χ2v) is 15.9. The van der Waals surface area contributed by atoms with Crippen molar-refractivity contribution in [2.45, 2.75) is 116 Å². The van der Waals surface area contributed by atoms with Crippen molar-refractivity contribution in [1.29, 1.82) is 0 Å². The molecule has 4 fully saturated rings. The quantitative estimate of drug-likeness (QED) is 0.351. The lowest BCUT2D eigenvalue weighted by Crippen LogP contribution is -2.62. The Bertz CT molecular complexity index is 936. The maximum absolute atomic E-state index is 12.5. The molecule has 4 rings (SSSR count). The third-order valence-corrected chi connectivity index (χ3v) is 13.9. The Balaban J connectivity index is 1.45. The van der Waals surface area contributed by atoms with Crippen LogP contribution in [0, 0.1) is 46.3 Å². The van der Waals surface area contributed by atoms with E-state index in [4.69, 9.17) is 0 Å². The number of hydrogen-bond donors (Lipinski definition) is 4. The molecular formula is C28H49NO6S. The van der Waals surface area contributed by atoms with Gasteiger partial charge in [0.1, 0.15) is 0 Å². The summed E-state index contributed by atoms with van der Waals surface area (Å²) >= 11 is 0. The molecule has 0 unspecified atom stereocenters. The van der Waals surface area contributed by atoms with Crippen molar-refractivity contribution < 1.29 is 28.5 Å². The molecule has 0 radical (unpaired) electrons. The fourth-order valence-corrected chi connectivity index (χ4v) is 10.4. The zero-order chi connectivity index (χ0) is 26.7. The molecule has 0 aromatic rings. The van der Waals surface area contributed by atoms with E-state index in [1.54, 1.807) is 0 Å². The van der Waals surface area contributed by atoms with Gasteiger partial charge in [0.05, 0.1) is 12.2 Å². The van der Waals surface area contributed by atoms with Gasteiger partial charge in [-0.25, -0.2) is 13.1 Å². The molecule has 8 heteroatoms. The van der Waals surface area contributed by atoms with Crippen LogP contribution in [-0.4, -0.2) is 53.2 Å². The predicted molar refractivity (Wildman–Crippen MR) is 140 cm³/mol. The van der Waals surface area contributed by atoms with E-state index in [9.17, 15) is 28.5 Å². The molecule has 4 aliphatic rings. The maximum atomic E-state index is 12.5. The average Bonchev–Trinajstić information content (AvgIpc) is 3.14. The topological polar surface area (TPSA) is 124 Å². The molecule has 4 saturated carbocycles. The van der Waals surface area contributed by atoms with Gasteiger partial charge in [0.2, 0.25) is 10.0 Å². The molecule has 0 bridgehead atoms. The molecule has 36 heavy (non-hydrogen) atoms. The van der Waals surface area contributed by atoms with Gasteiger partial charge in [-0.1, -0.05) is 27.2 Å². The van der Waals surface area contributed by atoms with E-state index in [-0.39, 0.29) is 35.5 Å². The van der Waals surface area contributed by atoms with Crippen LogP contribution in [0.15, 0.2) is 0 Å². The van der Waals surface area contributed by atoms with Crippen LogP contribution in [0.25, 0.3) is 0 Å². The zero-order valence-electron chi connectivity index (χ0n) is 22.9. The van der Waals surface area contributed by atoms with Crippen molar-refractivity contribution in [3.63, 3.8) is 0 Å². The van der Waals surface area contributed by atoms with Crippen LogP contribution in [0.4, 0.5) is 0 Å². The van der Waals surface area contributed by atoms with Gasteiger partial charge in [-0.15, -0.1) is 0 Å². The lowest BCUT2D eigenvalue weighted by atomic mass is 9.41. The monoisotopic (exact) mass is 527 g/mol. The van der Waals surface area contributed by atoms with Crippen molar-refractivity contribution in [2.75, 3.05) is 6.54 Å². The first-order valence-corrected chi connectivity index (χ1v) is 15.8. The van der Waals surface area contributed by atoms with E-state index in [1.807, 2.05) is 0 Å². The Morgan fingerprint density at radius 3 is 2.28 bits per heavy atom. The van der Waals surface area contributed by atoms with E-state index in [0.29, 0.717) is 36.0 Å². The van der Waals surface area contributed by atoms with Gasteiger partial charge in [-0.05, 0) is 118 Å². The normalized spacial score (nSPS) is 45.0. The molecule has 7 nitrogen and oxygen atoms in total. The maximum Gasteiger partial charge on any atom is 0.325 e. The van der Waals surface area contributed by atoms with Gasteiger partial charge in [0.25, 0.3) is 0 Å². The molecule has 10 atom stereocenters. The van der Waals surface area contributed by atoms with Crippen LogP contribution in [0.2, 0.25) is 0 Å². The Hall–Kier alpha value is -0.700. The van der Waals surface area contributed by atoms with Crippen molar-refractivity contribution in [2.24, 2.45) is 46.3 Å². The number of aliphatic hydroxyl groups is 2. The summed E-state index contributed by atoms with van der Waals surface area (Å²) in [6.07, 6.45) is 9.29. The average molecular weight is 528 g/mol. The van der Waals surface area contributed by atoms with Crippen LogP contribution in [0.1, 0.15) is 98.8 Å². The molecule has 4 aliphatic carbocycles. The Morgan fingerprint density at radius 2 is 1.64 bits per heavy atom. The van der Waals surface area contributed by atoms with Gasteiger partial charge in [0, 0.05) is 6.54 Å². The first kappa shape index (κ1) is 28.3. The van der Waals surface area contributed by atoms with Gasteiger partial charge >= 0.3 is 5.97 Å². The van der Waals surface area contributed by atoms with E-state index >= 15 is 0 Å². The largest absolute Gasteiger partial charge is 0.480 e. The number of carboxylic acids is 1. The number of hydrogen-bond acceptors (Lipinski definition) is 5. The van der Waals surface area contributed by atoms with Crippen LogP contribution in [-0.2, 0) is 14.8 Å². The first-order valence-electron chi connectivity index (χ1n) is 14.3. The second kappa shape index (κ2) is 9.80. The number of aliphatic hydroxyl groups excluding tert-OH is 2. The molecule has 0 spiro atoms. The van der Waals surface area contributed by atoms with Crippen molar-refractivity contribution in [3.8, 4) is 0 Å². The third kappa shape index (κ3) is 4.36. The van der Waals surface area contributed by atoms with Crippen LogP contribution >= 0.6 is 0 Å². The standard InChI is InChI=1S/C28H49NO6S/c1-6-19-22-16-18(30)11-13-28(22,5)21-12-14-27(4)17(9-10-20(27)23(21)24(19)31)8-7-15-29-36(34,35)26(2,3)25(32)33/h17-24,29-31H,6-16H2,1-5H3,(H,32,33)/t17-,18+,19+,20-,21-,22-,23-,24+,27+,28+/m0/s1. The fourth-order valence-electron chi connectivity index (χ4n) is 9.39. The number of fused-ring (bicyclic) bond motifs is 5. The predicted octanol–water partition coefficient (Wildman–Crippen LogP) is 4.18. The van der Waals surface area contributed by atoms with Crippen LogP contribution in [0.3, 0.4) is 0 Å². The number of nitrogens with one attached hydrogen (secondary N) is 1. The molecule has 208 valence electrons. The number of sulfonamides is 1. The summed E-state index contributed by atoms with van der Waals surface area (Å²) in [6.45, 7) is 9.75. The highest BCUT2D eigenvalue weighted by atomic mass is 32.2. The van der Waals surface area contributed by atoms with Gasteiger partial charge in [-0.2, -0.15) is 0 Å². The minimum absolute atomic E-state index is 0.150. The lowest BCUT2D eigenvalue weighted by Gasteiger charge is -2.64. The van der Waals surface area contributed by atoms with Gasteiger partial charge < -0.3 is 15.3 Å². The molecule has 4 N–H and O–H groups in total. The van der Waals surface area contributed by atoms with Crippen molar-refractivity contribution in [3.05, 3.63) is 0 Å². The van der Waals surface area contributed by atoms with E-state index in [2.05, 4.69) is 25.5 Å². The number of aliphatic carboxylic acids is 1. The zero-order valence-corrected chi connectivity index (χ0v) is 23.7. The summed E-state index contributed by atoms with van der Waals surface area (Å²) < 4.78 is 25.6. The first-order chi connectivity index (χ1) is 16.7. The van der Waals surface area contributed by atoms with Gasteiger partial charge in [-0.3, -0.25) is 4.79 Å².